The molecule has 1 aromatic carbocycles. The fourth-order valence-electron chi connectivity index (χ4n) is 7.19. The Balaban J connectivity index is 1.08. The molecule has 0 bridgehead atoms. The van der Waals surface area contributed by atoms with E-state index < -0.39 is 22.8 Å². The number of benzene rings is 1. The Labute approximate surface area is 267 Å². The molecule has 0 aliphatic carbocycles. The Bertz CT molecular complexity index is 1460. The van der Waals surface area contributed by atoms with E-state index in [-0.39, 0.29) is 36.1 Å². The minimum Gasteiger partial charge on any atom is -0.393 e. The second-order valence-electron chi connectivity index (χ2n) is 12.6. The van der Waals surface area contributed by atoms with Gasteiger partial charge in [0.2, 0.25) is 11.8 Å². The molecule has 0 radical (unpaired) electrons. The molecule has 46 heavy (non-hydrogen) atoms. The molecule has 4 aliphatic rings. The van der Waals surface area contributed by atoms with Crippen molar-refractivity contribution in [3.8, 4) is 0 Å². The zero-order valence-electron chi connectivity index (χ0n) is 25.9. The zero-order valence-corrected chi connectivity index (χ0v) is 25.9. The van der Waals surface area contributed by atoms with Gasteiger partial charge in [0, 0.05) is 50.5 Å². The average Bonchev–Trinajstić information content (AvgIpc) is 3.59. The minimum atomic E-state index is -1.14. The number of carbonyl (C=O) groups is 4. The van der Waals surface area contributed by atoms with E-state index in [0.717, 1.165) is 43.2 Å². The van der Waals surface area contributed by atoms with Gasteiger partial charge < -0.3 is 34.7 Å². The van der Waals surface area contributed by atoms with Crippen LogP contribution in [0.5, 0.6) is 0 Å². The molecule has 0 unspecified atom stereocenters. The lowest BCUT2D eigenvalue weighted by molar-refractivity contribution is -0.737. The van der Waals surface area contributed by atoms with Crippen LogP contribution < -0.4 is 10.6 Å². The Morgan fingerprint density at radius 2 is 1.59 bits per heavy atom. The van der Waals surface area contributed by atoms with Crippen molar-refractivity contribution in [2.24, 2.45) is 0 Å². The number of fused-ring (bicyclic) bond motifs is 1. The number of anilines is 1. The van der Waals surface area contributed by atoms with E-state index >= 15 is 0 Å². The number of para-hydroxylation sites is 1. The summed E-state index contributed by atoms with van der Waals surface area (Å²) in [6.07, 6.45) is 6.27. The second-order valence-corrected chi connectivity index (χ2v) is 12.6. The molecule has 3 N–H and O–H groups in total. The van der Waals surface area contributed by atoms with Crippen LogP contribution in [-0.2, 0) is 16.1 Å². The van der Waals surface area contributed by atoms with Gasteiger partial charge in [0.25, 0.3) is 10.8 Å². The van der Waals surface area contributed by atoms with Gasteiger partial charge in [0.1, 0.15) is 6.04 Å². The lowest BCUT2D eigenvalue weighted by atomic mass is 9.98. The molecule has 246 valence electrons. The first-order valence-corrected chi connectivity index (χ1v) is 16.3. The van der Waals surface area contributed by atoms with Gasteiger partial charge in [-0.2, -0.15) is 0 Å². The summed E-state index contributed by atoms with van der Waals surface area (Å²) in [5.74, 6) is -2.11. The van der Waals surface area contributed by atoms with Crippen molar-refractivity contribution in [3.63, 3.8) is 0 Å². The first-order valence-electron chi connectivity index (χ1n) is 16.3. The molecule has 14 heteroatoms. The van der Waals surface area contributed by atoms with Gasteiger partial charge >= 0.3 is 11.9 Å². The molecular weight excluding hydrogens is 594 g/mol. The van der Waals surface area contributed by atoms with Gasteiger partial charge in [-0.05, 0) is 69.3 Å². The molecule has 1 atom stereocenters. The summed E-state index contributed by atoms with van der Waals surface area (Å²) in [6, 6.07) is 9.17. The van der Waals surface area contributed by atoms with Crippen LogP contribution in [0.15, 0.2) is 40.8 Å². The molecular formula is C32H42N7O7+. The third kappa shape index (κ3) is 7.01. The lowest BCUT2D eigenvalue weighted by Gasteiger charge is -2.41. The predicted molar refractivity (Wildman–Crippen MR) is 165 cm³/mol. The number of likely N-dealkylation sites (tertiary alicyclic amines) is 3. The molecule has 1 aromatic heterocycles. The van der Waals surface area contributed by atoms with Crippen molar-refractivity contribution in [2.75, 3.05) is 44.6 Å². The van der Waals surface area contributed by atoms with E-state index in [1.165, 1.54) is 25.3 Å². The molecule has 5 heterocycles. The second kappa shape index (κ2) is 13.9. The number of piperidine rings is 3. The van der Waals surface area contributed by atoms with E-state index in [1.54, 1.807) is 9.80 Å². The van der Waals surface area contributed by atoms with Crippen molar-refractivity contribution >= 4 is 35.3 Å². The summed E-state index contributed by atoms with van der Waals surface area (Å²) >= 11 is 0. The van der Waals surface area contributed by atoms with Crippen LogP contribution in [0, 0.1) is 4.91 Å². The fraction of sp³-hybridized carbons (Fsp3) is 0.562. The summed E-state index contributed by atoms with van der Waals surface area (Å²) in [5, 5.41) is 14.7. The number of hydrogen-bond donors (Lipinski definition) is 3. The first-order chi connectivity index (χ1) is 22.3. The van der Waals surface area contributed by atoms with E-state index in [2.05, 4.69) is 15.5 Å². The largest absolute Gasteiger partial charge is 0.480 e. The predicted octanol–water partition coefficient (Wildman–Crippen LogP) is 3.08. The number of urea groups is 1. The summed E-state index contributed by atoms with van der Waals surface area (Å²) in [6.45, 7) is 4.58. The summed E-state index contributed by atoms with van der Waals surface area (Å²) < 4.78 is 5.12. The van der Waals surface area contributed by atoms with Gasteiger partial charge in [0.15, 0.2) is 5.76 Å². The topological polar surface area (TPSA) is 159 Å². The third-order valence-corrected chi connectivity index (χ3v) is 9.79. The maximum absolute atomic E-state index is 13.8. The van der Waals surface area contributed by atoms with E-state index in [4.69, 9.17) is 9.62 Å². The average molecular weight is 637 g/mol. The van der Waals surface area contributed by atoms with Gasteiger partial charge in [-0.25, -0.2) is 10.0 Å². The standard InChI is InChI=1S/C32H41N7O7/c40-28(36-16-12-24(13-17-36)38-21-22-6-2-3-7-25(22)34-32(38)43)20-26(33-30(41)27-8-9-29(46-27)39(44)45)31(42)37-18-10-23(11-19-37)35-14-4-1-5-15-35/h2-3,6-9,23-24,26H,1,4-5,10-21H2,(H2-,33,34,41,43,44,45)/p+1/t26-/m0/s1. The molecule has 14 nitrogen and oxygen atoms in total. The number of nitrogens with one attached hydrogen (secondary N) is 2. The van der Waals surface area contributed by atoms with Crippen LogP contribution in [0.4, 0.5) is 16.4 Å². The maximum atomic E-state index is 13.8. The van der Waals surface area contributed by atoms with E-state index in [9.17, 15) is 24.1 Å². The first kappa shape index (κ1) is 31.5. The van der Waals surface area contributed by atoms with Crippen LogP contribution in [0.1, 0.15) is 67.5 Å². The molecule has 6 rings (SSSR count). The highest BCUT2D eigenvalue weighted by Crippen LogP contribution is 2.28. The number of rotatable bonds is 8. The molecule has 3 saturated heterocycles. The molecule has 0 spiro atoms. The summed E-state index contributed by atoms with van der Waals surface area (Å²) in [5.41, 5.74) is 1.86. The van der Waals surface area contributed by atoms with Crippen molar-refractivity contribution < 1.29 is 33.7 Å². The normalized spacial score (nSPS) is 20.5. The van der Waals surface area contributed by atoms with Crippen LogP contribution in [-0.4, -0.2) is 111 Å². The molecule has 5 amide bonds. The van der Waals surface area contributed by atoms with Crippen LogP contribution in [0.3, 0.4) is 0 Å². The monoisotopic (exact) mass is 636 g/mol. The summed E-state index contributed by atoms with van der Waals surface area (Å²) in [7, 11) is 0. The van der Waals surface area contributed by atoms with Gasteiger partial charge in [-0.3, -0.25) is 14.4 Å². The zero-order chi connectivity index (χ0) is 32.2. The smallest absolute Gasteiger partial charge is 0.393 e. The Hall–Kier alpha value is -4.46. The van der Waals surface area contributed by atoms with Crippen molar-refractivity contribution in [2.45, 2.75) is 76.0 Å². The van der Waals surface area contributed by atoms with Crippen LogP contribution in [0.25, 0.3) is 0 Å². The Kier molecular flexibility index (Phi) is 9.52. The SMILES string of the molecule is O=C(N[C@@H](CC(=O)N1CCC(N2Cc3ccccc3NC2=O)CC1)C(=O)N1CCC(N2CCCCC2)CC1)c1ccc([N+](=O)O)o1. The fourth-order valence-corrected chi connectivity index (χ4v) is 7.19. The molecule has 0 saturated carbocycles. The number of hydrogen-bond acceptors (Lipinski definition) is 7. The highest BCUT2D eigenvalue weighted by Gasteiger charge is 2.37. The maximum Gasteiger partial charge on any atom is 0.480 e. The number of nitrogens with zero attached hydrogens (tertiary/aromatic N) is 5. The van der Waals surface area contributed by atoms with Crippen molar-refractivity contribution in [1.29, 1.82) is 0 Å². The van der Waals surface area contributed by atoms with Gasteiger partial charge in [-0.15, -0.1) is 0 Å². The number of amides is 5. The Morgan fingerprint density at radius 3 is 2.28 bits per heavy atom. The summed E-state index contributed by atoms with van der Waals surface area (Å²) in [4.78, 5) is 71.7. The Morgan fingerprint density at radius 1 is 0.913 bits per heavy atom. The quantitative estimate of drug-likeness (QED) is 0.373. The van der Waals surface area contributed by atoms with Gasteiger partial charge in [0.05, 0.1) is 17.4 Å². The van der Waals surface area contributed by atoms with Gasteiger partial charge in [-0.1, -0.05) is 24.6 Å². The van der Waals surface area contributed by atoms with Crippen molar-refractivity contribution in [3.05, 3.63) is 52.6 Å². The van der Waals surface area contributed by atoms with Crippen molar-refractivity contribution in [1.82, 2.24) is 24.9 Å². The van der Waals surface area contributed by atoms with E-state index in [0.29, 0.717) is 51.6 Å². The highest BCUT2D eigenvalue weighted by molar-refractivity contribution is 5.97. The number of furan rings is 1. The third-order valence-electron chi connectivity index (χ3n) is 9.79. The highest BCUT2D eigenvalue weighted by atomic mass is 16.6. The lowest BCUT2D eigenvalue weighted by Crippen LogP contribution is -2.55. The number of carbonyl (C=O) groups excluding carboxylic acids is 4. The van der Waals surface area contributed by atoms with E-state index in [1.807, 2.05) is 29.2 Å². The minimum absolute atomic E-state index is 0.0315. The molecule has 4 aliphatic heterocycles. The molecule has 3 fully saturated rings. The molecule has 2 aromatic rings. The van der Waals surface area contributed by atoms with Crippen LogP contribution in [0.2, 0.25) is 0 Å². The van der Waals surface area contributed by atoms with Crippen LogP contribution >= 0.6 is 0 Å².